The third-order valence-corrected chi connectivity index (χ3v) is 0.926. The molecule has 0 fully saturated rings. The van der Waals surface area contributed by atoms with Gasteiger partial charge in [0.05, 0.1) is 6.07 Å². The van der Waals surface area contributed by atoms with Crippen LogP contribution >= 0.6 is 15.9 Å². The summed E-state index contributed by atoms with van der Waals surface area (Å²) in [5.41, 5.74) is 0. The monoisotopic (exact) mass is 159 g/mol. The summed E-state index contributed by atoms with van der Waals surface area (Å²) in [5.74, 6) is 0. The van der Waals surface area contributed by atoms with Crippen molar-refractivity contribution < 1.29 is 0 Å². The van der Waals surface area contributed by atoms with Gasteiger partial charge in [-0.2, -0.15) is 5.26 Å². The van der Waals surface area contributed by atoms with Gasteiger partial charge in [0.2, 0.25) is 0 Å². The molecule has 7 heavy (non-hydrogen) atoms. The van der Waals surface area contributed by atoms with Crippen molar-refractivity contribution in [3.05, 3.63) is 12.2 Å². The van der Waals surface area contributed by atoms with Crippen LogP contribution in [0.2, 0.25) is 0 Å². The first-order valence-corrected chi connectivity index (χ1v) is 3.14. The van der Waals surface area contributed by atoms with E-state index >= 15 is 0 Å². The molecule has 0 aromatic rings. The predicted molar refractivity (Wildman–Crippen MR) is 33.2 cm³/mol. The molecule has 0 aliphatic carbocycles. The van der Waals surface area contributed by atoms with Crippen LogP contribution in [0.25, 0.3) is 0 Å². The second kappa shape index (κ2) is 5.71. The Morgan fingerprint density at radius 2 is 2.43 bits per heavy atom. The molecule has 0 saturated carbocycles. The lowest BCUT2D eigenvalue weighted by Gasteiger charge is -1.73. The Balaban J connectivity index is 2.97. The highest BCUT2D eigenvalue weighted by Gasteiger charge is 1.69. The largest absolute Gasteiger partial charge is 0.193 e. The highest BCUT2D eigenvalue weighted by atomic mass is 79.9. The van der Waals surface area contributed by atoms with E-state index in [0.29, 0.717) is 0 Å². The normalized spacial score (nSPS) is 9.14. The maximum absolute atomic E-state index is 7.94. The molecule has 0 aromatic heterocycles. The average Bonchev–Trinajstić information content (AvgIpc) is 1.69. The van der Waals surface area contributed by atoms with Gasteiger partial charge in [-0.3, -0.25) is 0 Å². The van der Waals surface area contributed by atoms with Crippen LogP contribution in [-0.4, -0.2) is 5.33 Å². The smallest absolute Gasteiger partial charge is 0.0908 e. The minimum Gasteiger partial charge on any atom is -0.193 e. The molecular weight excluding hydrogens is 154 g/mol. The van der Waals surface area contributed by atoms with E-state index in [1.54, 1.807) is 0 Å². The summed E-state index contributed by atoms with van der Waals surface area (Å²) < 4.78 is 0. The molecule has 0 radical (unpaired) electrons. The van der Waals surface area contributed by atoms with Crippen molar-refractivity contribution in [1.29, 1.82) is 5.26 Å². The molecule has 38 valence electrons. The number of allylic oxidation sites excluding steroid dienone is 2. The molecule has 0 spiro atoms. The summed E-state index contributed by atoms with van der Waals surface area (Å²) in [5, 5.41) is 8.88. The number of rotatable bonds is 2. The van der Waals surface area contributed by atoms with Crippen LogP contribution in [0.3, 0.4) is 0 Å². The number of halogens is 1. The van der Waals surface area contributed by atoms with Crippen LogP contribution in [-0.2, 0) is 0 Å². The lowest BCUT2D eigenvalue weighted by molar-refractivity contribution is 1.26. The van der Waals surface area contributed by atoms with Crippen molar-refractivity contribution in [3.8, 4) is 6.07 Å². The summed E-state index contributed by atoms with van der Waals surface area (Å²) in [4.78, 5) is 0. The van der Waals surface area contributed by atoms with Crippen molar-refractivity contribution >= 4 is 15.9 Å². The zero-order chi connectivity index (χ0) is 5.54. The molecular formula is C5H6BrN. The first-order chi connectivity index (χ1) is 3.41. The molecule has 0 heterocycles. The molecule has 2 heteroatoms. The van der Waals surface area contributed by atoms with E-state index in [4.69, 9.17) is 5.26 Å². The van der Waals surface area contributed by atoms with Crippen molar-refractivity contribution in [3.63, 3.8) is 0 Å². The van der Waals surface area contributed by atoms with Gasteiger partial charge in [0.25, 0.3) is 0 Å². The summed E-state index contributed by atoms with van der Waals surface area (Å²) in [7, 11) is 0. The van der Waals surface area contributed by atoms with Gasteiger partial charge >= 0.3 is 0 Å². The van der Waals surface area contributed by atoms with Crippen LogP contribution in [0.5, 0.6) is 0 Å². The Morgan fingerprint density at radius 1 is 1.71 bits per heavy atom. The van der Waals surface area contributed by atoms with Crippen molar-refractivity contribution in [2.45, 2.75) is 6.42 Å². The molecule has 0 aromatic carbocycles. The van der Waals surface area contributed by atoms with E-state index < -0.39 is 0 Å². The topological polar surface area (TPSA) is 23.8 Å². The maximum Gasteiger partial charge on any atom is 0.0908 e. The quantitative estimate of drug-likeness (QED) is 0.446. The molecule has 1 nitrogen and oxygen atoms in total. The molecule has 0 aliphatic rings. The Bertz CT molecular complexity index is 90.7. The number of hydrogen-bond donors (Lipinski definition) is 0. The van der Waals surface area contributed by atoms with Crippen molar-refractivity contribution in [2.75, 3.05) is 5.33 Å². The fourth-order valence-electron chi connectivity index (χ4n) is 0.199. The Hall–Kier alpha value is -0.290. The van der Waals surface area contributed by atoms with Gasteiger partial charge < -0.3 is 0 Å². The van der Waals surface area contributed by atoms with Crippen LogP contribution in [0.4, 0.5) is 0 Å². The molecule has 0 saturated heterocycles. The molecule has 0 amide bonds. The summed E-state index contributed by atoms with van der Waals surface area (Å²) >= 11 is 3.22. The molecule has 0 atom stereocenters. The third-order valence-electron chi connectivity index (χ3n) is 0.468. The fraction of sp³-hybridized carbons (Fsp3) is 0.400. The van der Waals surface area contributed by atoms with E-state index in [-0.39, 0.29) is 0 Å². The van der Waals surface area contributed by atoms with E-state index in [1.165, 1.54) is 6.08 Å². The third kappa shape index (κ3) is 5.71. The highest BCUT2D eigenvalue weighted by Crippen LogP contribution is 1.87. The van der Waals surface area contributed by atoms with Gasteiger partial charge in [-0.15, -0.1) is 0 Å². The summed E-state index contributed by atoms with van der Waals surface area (Å²) in [6, 6.07) is 1.90. The lowest BCUT2D eigenvalue weighted by Crippen LogP contribution is -1.62. The highest BCUT2D eigenvalue weighted by molar-refractivity contribution is 9.09. The van der Waals surface area contributed by atoms with Crippen LogP contribution in [0, 0.1) is 11.3 Å². The zero-order valence-corrected chi connectivity index (χ0v) is 5.48. The number of alkyl halides is 1. The zero-order valence-electron chi connectivity index (χ0n) is 3.89. The maximum atomic E-state index is 7.94. The number of nitrogens with zero attached hydrogens (tertiary/aromatic N) is 1. The Labute approximate surface area is 51.8 Å². The van der Waals surface area contributed by atoms with E-state index in [2.05, 4.69) is 15.9 Å². The second-order valence-corrected chi connectivity index (χ2v) is 1.80. The van der Waals surface area contributed by atoms with Crippen molar-refractivity contribution in [2.24, 2.45) is 0 Å². The average molecular weight is 160 g/mol. The van der Waals surface area contributed by atoms with E-state index in [1.807, 2.05) is 12.1 Å². The lowest BCUT2D eigenvalue weighted by atomic mass is 10.4. The molecule has 0 bridgehead atoms. The van der Waals surface area contributed by atoms with Gasteiger partial charge in [0.15, 0.2) is 0 Å². The predicted octanol–water partition coefficient (Wildman–Crippen LogP) is 1.85. The van der Waals surface area contributed by atoms with Crippen LogP contribution in [0.15, 0.2) is 12.2 Å². The van der Waals surface area contributed by atoms with Crippen molar-refractivity contribution in [1.82, 2.24) is 0 Å². The molecule has 0 rings (SSSR count). The Kier molecular flexibility index (Phi) is 5.47. The van der Waals surface area contributed by atoms with Gasteiger partial charge in [-0.05, 0) is 6.42 Å². The Morgan fingerprint density at radius 3 is 2.86 bits per heavy atom. The van der Waals surface area contributed by atoms with Crippen LogP contribution < -0.4 is 0 Å². The second-order valence-electron chi connectivity index (χ2n) is 1.01. The fourth-order valence-corrected chi connectivity index (χ4v) is 0.463. The van der Waals surface area contributed by atoms with Crippen LogP contribution in [0.1, 0.15) is 6.42 Å². The van der Waals surface area contributed by atoms with Gasteiger partial charge in [0, 0.05) is 11.4 Å². The molecule has 0 unspecified atom stereocenters. The van der Waals surface area contributed by atoms with Gasteiger partial charge in [-0.25, -0.2) is 0 Å². The minimum absolute atomic E-state index is 0.936. The van der Waals surface area contributed by atoms with E-state index in [9.17, 15) is 0 Å². The molecule has 0 N–H and O–H groups in total. The van der Waals surface area contributed by atoms with Gasteiger partial charge in [0.1, 0.15) is 0 Å². The first-order valence-electron chi connectivity index (χ1n) is 2.02. The summed E-state index contributed by atoms with van der Waals surface area (Å²) in [6.07, 6.45) is 4.25. The number of nitriles is 1. The first kappa shape index (κ1) is 6.71. The molecule has 0 aliphatic heterocycles. The number of hydrogen-bond acceptors (Lipinski definition) is 1. The van der Waals surface area contributed by atoms with E-state index in [0.717, 1.165) is 11.8 Å². The van der Waals surface area contributed by atoms with Gasteiger partial charge in [-0.1, -0.05) is 22.0 Å². The minimum atomic E-state index is 0.936. The summed E-state index contributed by atoms with van der Waals surface area (Å²) in [6.45, 7) is 0. The standard InChI is InChI=1S/C5H6BrN/c6-4-2-1-3-5-7/h1,3H,2,4H2/b3-1-. The SMILES string of the molecule is N#C/C=C\CCBr.